The zero-order chi connectivity index (χ0) is 28.0. The molecule has 0 aromatic heterocycles. The van der Waals surface area contributed by atoms with Gasteiger partial charge in [-0.15, -0.1) is 0 Å². The molecule has 0 saturated carbocycles. The first-order chi connectivity index (χ1) is 18.8. The summed E-state index contributed by atoms with van der Waals surface area (Å²) in [6, 6.07) is 19.5. The molecule has 0 spiro atoms. The molecule has 0 aliphatic heterocycles. The number of carbonyl (C=O) groups excluding carboxylic acids is 1. The summed E-state index contributed by atoms with van der Waals surface area (Å²) in [6.07, 6.45) is 4.08. The molecule has 0 radical (unpaired) electrons. The number of rotatable bonds is 16. The van der Waals surface area contributed by atoms with Crippen molar-refractivity contribution in [3.8, 4) is 17.2 Å². The molecule has 0 fully saturated rings. The van der Waals surface area contributed by atoms with E-state index < -0.39 is 11.9 Å². The van der Waals surface area contributed by atoms with Crippen LogP contribution in [-0.4, -0.2) is 47.8 Å². The molecule has 0 saturated heterocycles. The minimum absolute atomic E-state index is 0.0634. The maximum absolute atomic E-state index is 12.8. The highest BCUT2D eigenvalue weighted by Gasteiger charge is 2.12. The topological polar surface area (TPSA) is 119 Å². The van der Waals surface area contributed by atoms with Gasteiger partial charge >= 0.3 is 11.9 Å². The average molecular weight is 533 g/mol. The van der Waals surface area contributed by atoms with Gasteiger partial charge in [-0.05, 0) is 61.7 Å². The Morgan fingerprint density at radius 3 is 2.23 bits per heavy atom. The van der Waals surface area contributed by atoms with Crippen LogP contribution in [0.25, 0.3) is 6.08 Å². The molecule has 204 valence electrons. The number of carbonyl (C=O) groups is 3. The number of ketones is 1. The number of aryl methyl sites for hydroxylation is 1. The number of carboxylic acids is 2. The van der Waals surface area contributed by atoms with E-state index in [2.05, 4.69) is 0 Å². The molecule has 0 atom stereocenters. The van der Waals surface area contributed by atoms with E-state index in [9.17, 15) is 14.4 Å². The van der Waals surface area contributed by atoms with Crippen LogP contribution < -0.4 is 14.2 Å². The van der Waals surface area contributed by atoms with Crippen LogP contribution in [0.5, 0.6) is 17.2 Å². The Kier molecular flexibility index (Phi) is 11.1. The van der Waals surface area contributed by atoms with E-state index >= 15 is 0 Å². The first-order valence-electron chi connectivity index (χ1n) is 12.6. The molecule has 0 heterocycles. The van der Waals surface area contributed by atoms with Gasteiger partial charge in [0.2, 0.25) is 0 Å². The fourth-order valence-electron chi connectivity index (χ4n) is 3.65. The molecule has 0 bridgehead atoms. The number of benzene rings is 3. The summed E-state index contributed by atoms with van der Waals surface area (Å²) < 4.78 is 17.5. The molecule has 0 amide bonds. The molecular weight excluding hydrogens is 500 g/mol. The quantitative estimate of drug-likeness (QED) is 0.139. The Morgan fingerprint density at radius 1 is 0.795 bits per heavy atom. The van der Waals surface area contributed by atoms with Gasteiger partial charge in [0.25, 0.3) is 0 Å². The van der Waals surface area contributed by atoms with Crippen molar-refractivity contribution in [1.29, 1.82) is 0 Å². The lowest BCUT2D eigenvalue weighted by molar-refractivity contribution is -0.138. The van der Waals surface area contributed by atoms with E-state index in [0.29, 0.717) is 41.4 Å². The van der Waals surface area contributed by atoms with Crippen molar-refractivity contribution in [2.24, 2.45) is 0 Å². The van der Waals surface area contributed by atoms with Gasteiger partial charge in [0, 0.05) is 11.1 Å². The van der Waals surface area contributed by atoms with E-state index in [-0.39, 0.29) is 25.2 Å². The Hall–Kier alpha value is -4.59. The van der Waals surface area contributed by atoms with Crippen molar-refractivity contribution in [3.63, 3.8) is 0 Å². The van der Waals surface area contributed by atoms with Crippen LogP contribution in [0.3, 0.4) is 0 Å². The van der Waals surface area contributed by atoms with Crippen LogP contribution >= 0.6 is 0 Å². The third-order valence-corrected chi connectivity index (χ3v) is 5.64. The van der Waals surface area contributed by atoms with Gasteiger partial charge in [-0.2, -0.15) is 0 Å². The van der Waals surface area contributed by atoms with Crippen molar-refractivity contribution in [2.75, 3.05) is 19.8 Å². The second-order valence-corrected chi connectivity index (χ2v) is 8.85. The molecular formula is C31H32O8. The second kappa shape index (κ2) is 15.0. The van der Waals surface area contributed by atoms with Gasteiger partial charge in [0.15, 0.2) is 17.3 Å². The van der Waals surface area contributed by atoms with Crippen molar-refractivity contribution in [1.82, 2.24) is 0 Å². The Morgan fingerprint density at radius 2 is 1.51 bits per heavy atom. The molecule has 0 aliphatic carbocycles. The zero-order valence-corrected chi connectivity index (χ0v) is 21.8. The number of hydrogen-bond acceptors (Lipinski definition) is 6. The summed E-state index contributed by atoms with van der Waals surface area (Å²) in [5.74, 6) is -0.669. The molecule has 2 N–H and O–H groups in total. The third kappa shape index (κ3) is 10.0. The second-order valence-electron chi connectivity index (χ2n) is 8.85. The predicted octanol–water partition coefficient (Wildman–Crippen LogP) is 5.61. The van der Waals surface area contributed by atoms with Gasteiger partial charge in [-0.3, -0.25) is 14.4 Å². The average Bonchev–Trinajstić information content (AvgIpc) is 2.90. The molecule has 3 rings (SSSR count). The van der Waals surface area contributed by atoms with Crippen molar-refractivity contribution >= 4 is 23.8 Å². The van der Waals surface area contributed by atoms with Gasteiger partial charge in [-0.1, -0.05) is 48.0 Å². The number of para-hydroxylation sites is 1. The largest absolute Gasteiger partial charge is 0.494 e. The van der Waals surface area contributed by atoms with Crippen LogP contribution in [-0.2, 0) is 16.0 Å². The first-order valence-corrected chi connectivity index (χ1v) is 12.6. The molecule has 3 aromatic rings. The standard InChI is InChI=1S/C31H32O8/c1-22-10-13-26(14-11-22)37-17-2-3-18-38-28-9-5-7-24(31(28)39-19-16-29(33)34)12-15-27(32)25-8-4-6-23(20-25)21-30(35)36/h4-15,20H,2-3,16-19,21H2,1H3,(H,33,34)(H,35,36). The van der Waals surface area contributed by atoms with E-state index in [1.165, 1.54) is 11.6 Å². The van der Waals surface area contributed by atoms with Crippen molar-refractivity contribution in [2.45, 2.75) is 32.6 Å². The van der Waals surface area contributed by atoms with Gasteiger partial charge in [-0.25, -0.2) is 0 Å². The number of allylic oxidation sites excluding steroid dienone is 1. The normalized spacial score (nSPS) is 10.8. The first kappa shape index (κ1) is 29.0. The van der Waals surface area contributed by atoms with E-state index in [0.717, 1.165) is 18.6 Å². The zero-order valence-electron chi connectivity index (χ0n) is 21.8. The number of ether oxygens (including phenoxy) is 3. The Balaban J connectivity index is 1.64. The molecule has 8 nitrogen and oxygen atoms in total. The molecule has 39 heavy (non-hydrogen) atoms. The molecule has 3 aromatic carbocycles. The maximum Gasteiger partial charge on any atom is 0.307 e. The summed E-state index contributed by atoms with van der Waals surface area (Å²) >= 11 is 0. The van der Waals surface area contributed by atoms with Crippen LogP contribution in [0.1, 0.15) is 46.3 Å². The summed E-state index contributed by atoms with van der Waals surface area (Å²) in [5, 5.41) is 18.0. The molecule has 0 unspecified atom stereocenters. The van der Waals surface area contributed by atoms with Crippen molar-refractivity contribution < 1.29 is 38.8 Å². The third-order valence-electron chi connectivity index (χ3n) is 5.64. The van der Waals surface area contributed by atoms with E-state index in [4.69, 9.17) is 24.4 Å². The summed E-state index contributed by atoms with van der Waals surface area (Å²) in [4.78, 5) is 34.7. The fraction of sp³-hybridized carbons (Fsp3) is 0.258. The van der Waals surface area contributed by atoms with E-state index in [1.54, 1.807) is 48.5 Å². The Labute approximate surface area is 227 Å². The highest BCUT2D eigenvalue weighted by Crippen LogP contribution is 2.33. The molecule has 8 heteroatoms. The lowest BCUT2D eigenvalue weighted by atomic mass is 10.0. The summed E-state index contributed by atoms with van der Waals surface area (Å²) in [6.45, 7) is 2.90. The summed E-state index contributed by atoms with van der Waals surface area (Å²) in [7, 11) is 0. The van der Waals surface area contributed by atoms with Gasteiger partial charge in [0.05, 0.1) is 32.7 Å². The monoisotopic (exact) mass is 532 g/mol. The minimum atomic E-state index is -0.990. The number of carboxylic acid groups (broad SMARTS) is 2. The fourth-order valence-corrected chi connectivity index (χ4v) is 3.65. The summed E-state index contributed by atoms with van der Waals surface area (Å²) in [5.41, 5.74) is 2.61. The number of aliphatic carboxylic acids is 2. The van der Waals surface area contributed by atoms with Crippen molar-refractivity contribution in [3.05, 3.63) is 95.1 Å². The van der Waals surface area contributed by atoms with Crippen LogP contribution in [0.4, 0.5) is 0 Å². The lowest BCUT2D eigenvalue weighted by Crippen LogP contribution is -2.08. The van der Waals surface area contributed by atoms with Crippen LogP contribution in [0, 0.1) is 6.92 Å². The minimum Gasteiger partial charge on any atom is -0.494 e. The maximum atomic E-state index is 12.8. The number of hydrogen-bond donors (Lipinski definition) is 2. The predicted molar refractivity (Wildman–Crippen MR) is 147 cm³/mol. The SMILES string of the molecule is Cc1ccc(OCCCCOc2cccc(C=CC(=O)c3cccc(CC(=O)O)c3)c2OCCC(=O)O)cc1. The molecule has 0 aliphatic rings. The van der Waals surface area contributed by atoms with Gasteiger partial charge in [0.1, 0.15) is 5.75 Å². The number of unbranched alkanes of at least 4 members (excludes halogenated alkanes) is 1. The lowest BCUT2D eigenvalue weighted by Gasteiger charge is -2.15. The highest BCUT2D eigenvalue weighted by atomic mass is 16.5. The Bertz CT molecular complexity index is 1290. The van der Waals surface area contributed by atoms with Crippen LogP contribution in [0.2, 0.25) is 0 Å². The van der Waals surface area contributed by atoms with Crippen LogP contribution in [0.15, 0.2) is 72.8 Å². The smallest absolute Gasteiger partial charge is 0.307 e. The van der Waals surface area contributed by atoms with Gasteiger partial charge < -0.3 is 24.4 Å². The van der Waals surface area contributed by atoms with E-state index in [1.807, 2.05) is 31.2 Å². The highest BCUT2D eigenvalue weighted by molar-refractivity contribution is 6.07.